The molecular formula is C18H16ClN3O3S. The van der Waals surface area contributed by atoms with Crippen LogP contribution in [0.1, 0.15) is 5.56 Å². The van der Waals surface area contributed by atoms with Crippen molar-refractivity contribution < 1.29 is 13.2 Å². The maximum Gasteiger partial charge on any atom is 0.232 e. The molecule has 3 aromatic rings. The van der Waals surface area contributed by atoms with E-state index >= 15 is 0 Å². The van der Waals surface area contributed by atoms with Crippen LogP contribution >= 0.6 is 11.6 Å². The fraction of sp³-hybridized carbons (Fsp3) is 0.111. The van der Waals surface area contributed by atoms with Crippen LogP contribution in [-0.4, -0.2) is 25.5 Å². The van der Waals surface area contributed by atoms with Crippen LogP contribution in [0.5, 0.6) is 5.88 Å². The van der Waals surface area contributed by atoms with Crippen LogP contribution in [0, 0.1) is 0 Å². The minimum absolute atomic E-state index is 0.0247. The van der Waals surface area contributed by atoms with Crippen molar-refractivity contribution in [1.82, 2.24) is 9.97 Å². The number of halogens is 1. The second-order valence-corrected chi connectivity index (χ2v) is 6.95. The largest absolute Gasteiger partial charge is 0.480 e. The van der Waals surface area contributed by atoms with E-state index in [2.05, 4.69) is 9.97 Å². The molecule has 0 amide bonds. The molecule has 0 unspecified atom stereocenters. The molecular weight excluding hydrogens is 374 g/mol. The summed E-state index contributed by atoms with van der Waals surface area (Å²) in [6.07, 6.45) is 3.29. The summed E-state index contributed by atoms with van der Waals surface area (Å²) in [5.74, 6) is 0.721. The topological polar surface area (TPSA) is 95.2 Å². The zero-order valence-corrected chi connectivity index (χ0v) is 15.5. The highest BCUT2D eigenvalue weighted by Crippen LogP contribution is 2.33. The van der Waals surface area contributed by atoms with Gasteiger partial charge in [0.1, 0.15) is 21.5 Å². The first-order valence-electron chi connectivity index (χ1n) is 7.64. The standard InChI is InChI=1S/C18H16ClN3O3S/c1-25-18-16(19)7-14(9-22-18)15-6-13(8-21-17(15)20)12-4-2-11(3-5-12)10-26(23)24/h2-9,26H,10H2,1H3,(H2,20,21). The summed E-state index contributed by atoms with van der Waals surface area (Å²) < 4.78 is 26.7. The number of thiol groups is 1. The molecule has 0 spiro atoms. The van der Waals surface area contributed by atoms with Gasteiger partial charge in [0.2, 0.25) is 5.88 Å². The average molecular weight is 390 g/mol. The van der Waals surface area contributed by atoms with Gasteiger partial charge in [0.05, 0.1) is 12.9 Å². The average Bonchev–Trinajstić information content (AvgIpc) is 2.62. The molecule has 0 aliphatic rings. The lowest BCUT2D eigenvalue weighted by Gasteiger charge is -2.10. The lowest BCUT2D eigenvalue weighted by molar-refractivity contribution is 0.398. The molecule has 0 saturated heterocycles. The number of nitrogen functional groups attached to an aromatic ring is 1. The normalized spacial score (nSPS) is 10.9. The zero-order chi connectivity index (χ0) is 18.7. The predicted molar refractivity (Wildman–Crippen MR) is 103 cm³/mol. The molecule has 6 nitrogen and oxygen atoms in total. The molecule has 0 bridgehead atoms. The third-order valence-corrected chi connectivity index (χ3v) is 4.72. The number of nitrogens with zero attached hydrogens (tertiary/aromatic N) is 2. The number of hydrogen-bond donors (Lipinski definition) is 2. The van der Waals surface area contributed by atoms with Crippen molar-refractivity contribution in [3.8, 4) is 28.1 Å². The maximum absolute atomic E-state index is 10.8. The molecule has 0 atom stereocenters. The first kappa shape index (κ1) is 18.2. The number of methoxy groups -OCH3 is 1. The van der Waals surface area contributed by atoms with Crippen molar-refractivity contribution in [3.63, 3.8) is 0 Å². The van der Waals surface area contributed by atoms with Crippen LogP contribution in [0.3, 0.4) is 0 Å². The second-order valence-electron chi connectivity index (χ2n) is 5.56. The molecule has 0 aliphatic heterocycles. The van der Waals surface area contributed by atoms with Gasteiger partial charge in [-0.2, -0.15) is 0 Å². The van der Waals surface area contributed by atoms with Gasteiger partial charge in [-0.1, -0.05) is 35.9 Å². The van der Waals surface area contributed by atoms with Gasteiger partial charge in [0.25, 0.3) is 0 Å². The van der Waals surface area contributed by atoms with Gasteiger partial charge in [-0.3, -0.25) is 0 Å². The van der Waals surface area contributed by atoms with E-state index in [4.69, 9.17) is 22.1 Å². The summed E-state index contributed by atoms with van der Waals surface area (Å²) >= 11 is 6.15. The number of aromatic nitrogens is 2. The van der Waals surface area contributed by atoms with Gasteiger partial charge in [0, 0.05) is 29.1 Å². The van der Waals surface area contributed by atoms with E-state index in [0.29, 0.717) is 22.3 Å². The summed E-state index contributed by atoms with van der Waals surface area (Å²) in [5, 5.41) is 0.380. The Labute approximate surface area is 157 Å². The Morgan fingerprint density at radius 3 is 2.35 bits per heavy atom. The van der Waals surface area contributed by atoms with Gasteiger partial charge in [-0.05, 0) is 23.3 Å². The molecule has 26 heavy (non-hydrogen) atoms. The van der Waals surface area contributed by atoms with Gasteiger partial charge in [0.15, 0.2) is 0 Å². The highest BCUT2D eigenvalue weighted by molar-refractivity contribution is 7.71. The van der Waals surface area contributed by atoms with Gasteiger partial charge in [-0.25, -0.2) is 18.4 Å². The van der Waals surface area contributed by atoms with E-state index in [9.17, 15) is 8.42 Å². The van der Waals surface area contributed by atoms with Crippen molar-refractivity contribution in [3.05, 3.63) is 59.4 Å². The molecule has 0 fully saturated rings. The summed E-state index contributed by atoms with van der Waals surface area (Å²) in [4.78, 5) is 8.41. The van der Waals surface area contributed by atoms with Gasteiger partial charge >= 0.3 is 0 Å². The fourth-order valence-corrected chi connectivity index (χ4v) is 3.29. The second kappa shape index (κ2) is 7.72. The summed E-state index contributed by atoms with van der Waals surface area (Å²) in [7, 11) is -0.949. The third kappa shape index (κ3) is 3.95. The van der Waals surface area contributed by atoms with Crippen LogP contribution in [0.25, 0.3) is 22.3 Å². The number of benzene rings is 1. The van der Waals surface area contributed by atoms with Crippen molar-refractivity contribution in [1.29, 1.82) is 0 Å². The number of hydrogen-bond acceptors (Lipinski definition) is 6. The molecule has 0 saturated carbocycles. The lowest BCUT2D eigenvalue weighted by atomic mass is 10.0. The molecule has 2 aromatic heterocycles. The van der Waals surface area contributed by atoms with Crippen molar-refractivity contribution in [2.24, 2.45) is 0 Å². The summed E-state index contributed by atoms with van der Waals surface area (Å²) in [6, 6.07) is 10.9. The van der Waals surface area contributed by atoms with Crippen molar-refractivity contribution in [2.75, 3.05) is 12.8 Å². The number of anilines is 1. The van der Waals surface area contributed by atoms with Crippen molar-refractivity contribution in [2.45, 2.75) is 5.75 Å². The van der Waals surface area contributed by atoms with Gasteiger partial charge < -0.3 is 10.5 Å². The van der Waals surface area contributed by atoms with E-state index in [1.807, 2.05) is 18.2 Å². The third-order valence-electron chi connectivity index (χ3n) is 3.83. The van der Waals surface area contributed by atoms with E-state index in [1.54, 1.807) is 30.6 Å². The quantitative estimate of drug-likeness (QED) is 0.651. The van der Waals surface area contributed by atoms with E-state index in [0.717, 1.165) is 22.3 Å². The van der Waals surface area contributed by atoms with Crippen LogP contribution in [-0.2, 0) is 16.5 Å². The first-order chi connectivity index (χ1) is 12.5. The number of ether oxygens (including phenoxy) is 1. The Morgan fingerprint density at radius 2 is 1.73 bits per heavy atom. The molecule has 0 aliphatic carbocycles. The Morgan fingerprint density at radius 1 is 1.04 bits per heavy atom. The molecule has 2 heterocycles. The lowest BCUT2D eigenvalue weighted by Crippen LogP contribution is -1.96. The van der Waals surface area contributed by atoms with Crippen LogP contribution in [0.15, 0.2) is 48.8 Å². The van der Waals surface area contributed by atoms with Gasteiger partial charge in [-0.15, -0.1) is 0 Å². The number of nitrogens with two attached hydrogens (primary N) is 1. The minimum Gasteiger partial charge on any atom is -0.480 e. The zero-order valence-electron chi connectivity index (χ0n) is 13.8. The smallest absolute Gasteiger partial charge is 0.232 e. The highest BCUT2D eigenvalue weighted by Gasteiger charge is 2.11. The predicted octanol–water partition coefficient (Wildman–Crippen LogP) is 3.17. The number of pyridine rings is 2. The molecule has 1 aromatic carbocycles. The van der Waals surface area contributed by atoms with Crippen molar-refractivity contribution >= 4 is 28.1 Å². The SMILES string of the molecule is COc1ncc(-c2cc(-c3ccc(C[SH](=O)=O)cc3)cnc2N)cc1Cl. The van der Waals surface area contributed by atoms with E-state index in [1.165, 1.54) is 7.11 Å². The van der Waals surface area contributed by atoms with Crippen LogP contribution in [0.4, 0.5) is 5.82 Å². The van der Waals surface area contributed by atoms with E-state index < -0.39 is 10.7 Å². The highest BCUT2D eigenvalue weighted by atomic mass is 35.5. The first-order valence-corrected chi connectivity index (χ1v) is 9.38. The monoisotopic (exact) mass is 389 g/mol. The maximum atomic E-state index is 10.8. The Balaban J connectivity index is 1.98. The minimum atomic E-state index is -2.45. The summed E-state index contributed by atoms with van der Waals surface area (Å²) in [6.45, 7) is 0. The Bertz CT molecular complexity index is 1010. The molecule has 0 radical (unpaired) electrons. The molecule has 8 heteroatoms. The Hall–Kier alpha value is -2.64. The van der Waals surface area contributed by atoms with Crippen LogP contribution < -0.4 is 10.5 Å². The Kier molecular flexibility index (Phi) is 5.39. The number of rotatable bonds is 5. The fourth-order valence-electron chi connectivity index (χ4n) is 2.54. The van der Waals surface area contributed by atoms with E-state index in [-0.39, 0.29) is 5.75 Å². The summed E-state index contributed by atoms with van der Waals surface area (Å²) in [5.41, 5.74) is 9.92. The molecule has 3 rings (SSSR count). The van der Waals surface area contributed by atoms with Crippen LogP contribution in [0.2, 0.25) is 5.02 Å². The molecule has 134 valence electrons. The molecule has 2 N–H and O–H groups in total.